The van der Waals surface area contributed by atoms with E-state index in [0.717, 1.165) is 17.0 Å². The number of aromatic nitrogens is 1. The molecular formula is C18H19Cl2N3O2S. The number of carbonyl (C=O) groups excluding carboxylic acids is 1. The van der Waals surface area contributed by atoms with Crippen LogP contribution in [0.1, 0.15) is 12.8 Å². The van der Waals surface area contributed by atoms with Crippen molar-refractivity contribution in [2.75, 3.05) is 31.6 Å². The summed E-state index contributed by atoms with van der Waals surface area (Å²) in [5, 5.41) is 3.83. The highest BCUT2D eigenvalue weighted by Crippen LogP contribution is 2.35. The maximum absolute atomic E-state index is 12.2. The van der Waals surface area contributed by atoms with Gasteiger partial charge in [-0.15, -0.1) is 11.3 Å². The molecule has 0 radical (unpaired) electrons. The second-order valence-electron chi connectivity index (χ2n) is 6.81. The highest BCUT2D eigenvalue weighted by molar-refractivity contribution is 7.13. The van der Waals surface area contributed by atoms with Crippen molar-refractivity contribution in [1.82, 2.24) is 9.88 Å². The Hall–Kier alpha value is -1.34. The second kappa shape index (κ2) is 7.72. The Balaban J connectivity index is 1.39. The molecule has 4 heterocycles. The molecule has 1 amide bonds. The summed E-state index contributed by atoms with van der Waals surface area (Å²) in [7, 11) is 0. The van der Waals surface area contributed by atoms with Crippen molar-refractivity contribution in [3.05, 3.63) is 33.8 Å². The Kier molecular flexibility index (Phi) is 5.36. The Morgan fingerprint density at radius 1 is 1.27 bits per heavy atom. The molecule has 1 N–H and O–H groups in total. The first-order chi connectivity index (χ1) is 12.6. The highest BCUT2D eigenvalue weighted by atomic mass is 35.5. The first kappa shape index (κ1) is 18.0. The minimum absolute atomic E-state index is 0.435. The molecule has 3 fully saturated rings. The molecule has 0 saturated carbocycles. The fraction of sp³-hybridized carbons (Fsp3) is 0.444. The molecule has 5 rings (SSSR count). The monoisotopic (exact) mass is 411 g/mol. The maximum atomic E-state index is 12.2. The zero-order valence-electron chi connectivity index (χ0n) is 14.1. The van der Waals surface area contributed by atoms with Gasteiger partial charge in [-0.3, -0.25) is 5.32 Å². The van der Waals surface area contributed by atoms with Crippen molar-refractivity contribution in [1.29, 1.82) is 0 Å². The van der Waals surface area contributed by atoms with Gasteiger partial charge in [0.05, 0.1) is 17.0 Å². The summed E-state index contributed by atoms with van der Waals surface area (Å²) in [6.07, 6.45) is 1.95. The third-order valence-corrected chi connectivity index (χ3v) is 6.44. The summed E-state index contributed by atoms with van der Waals surface area (Å²) in [6.45, 7) is 3.84. The number of piperidine rings is 3. The van der Waals surface area contributed by atoms with Crippen molar-refractivity contribution in [3.63, 3.8) is 0 Å². The summed E-state index contributed by atoms with van der Waals surface area (Å²) in [5.41, 5.74) is 2.49. The topological polar surface area (TPSA) is 54.5 Å². The molecule has 0 spiro atoms. The number of hydrogen-bond donors (Lipinski definition) is 1. The van der Waals surface area contributed by atoms with Crippen LogP contribution < -0.4 is 5.32 Å². The van der Waals surface area contributed by atoms with Crippen LogP contribution in [0.25, 0.3) is 10.4 Å². The normalized spacial score (nSPS) is 24.5. The third-order valence-electron chi connectivity index (χ3n) is 5.13. The Labute approximate surface area is 166 Å². The predicted molar refractivity (Wildman–Crippen MR) is 105 cm³/mol. The number of nitrogens with one attached hydrogen (secondary N) is 1. The summed E-state index contributed by atoms with van der Waals surface area (Å²) in [4.78, 5) is 19.7. The quantitative estimate of drug-likeness (QED) is 0.767. The standard InChI is InChI=1S/C18H19Cl2N3O2S/c19-14-5-12(6-15(20)7-14)16-17(21-10-26-16)22-18(24)25-9-13-8-23-3-1-11(13)2-4-23/h5-7,10-11,13H,1-4,8-9H2,(H,22,24). The second-order valence-corrected chi connectivity index (χ2v) is 8.54. The van der Waals surface area contributed by atoms with Crippen molar-refractivity contribution < 1.29 is 9.53 Å². The van der Waals surface area contributed by atoms with E-state index in [1.807, 2.05) is 0 Å². The Bertz CT molecular complexity index is 785. The lowest BCUT2D eigenvalue weighted by Crippen LogP contribution is -2.49. The van der Waals surface area contributed by atoms with Gasteiger partial charge in [0.15, 0.2) is 5.82 Å². The predicted octanol–water partition coefficient (Wildman–Crippen LogP) is 5.01. The van der Waals surface area contributed by atoms with Crippen molar-refractivity contribution >= 4 is 46.4 Å². The number of rotatable bonds is 4. The molecule has 2 bridgehead atoms. The average Bonchev–Trinajstić information content (AvgIpc) is 3.08. The Morgan fingerprint density at radius 3 is 2.65 bits per heavy atom. The maximum Gasteiger partial charge on any atom is 0.412 e. The van der Waals surface area contributed by atoms with Gasteiger partial charge in [0.25, 0.3) is 0 Å². The molecule has 2 aromatic rings. The van der Waals surface area contributed by atoms with Crippen LogP contribution in [-0.2, 0) is 4.74 Å². The summed E-state index contributed by atoms with van der Waals surface area (Å²) < 4.78 is 5.48. The van der Waals surface area contributed by atoms with Crippen LogP contribution in [0.2, 0.25) is 10.0 Å². The number of anilines is 1. The van der Waals surface area contributed by atoms with E-state index in [2.05, 4.69) is 15.2 Å². The SMILES string of the molecule is O=C(Nc1ncsc1-c1cc(Cl)cc(Cl)c1)OCC1CN2CCC1CC2. The number of fused-ring (bicyclic) bond motifs is 3. The van der Waals surface area contributed by atoms with E-state index in [1.165, 1.54) is 37.3 Å². The van der Waals surface area contributed by atoms with E-state index in [-0.39, 0.29) is 0 Å². The Morgan fingerprint density at radius 2 is 2.00 bits per heavy atom. The number of thiazole rings is 1. The smallest absolute Gasteiger partial charge is 0.412 e. The minimum Gasteiger partial charge on any atom is -0.449 e. The minimum atomic E-state index is -0.471. The summed E-state index contributed by atoms with van der Waals surface area (Å²) >= 11 is 13.6. The van der Waals surface area contributed by atoms with E-state index >= 15 is 0 Å². The molecule has 0 aliphatic carbocycles. The molecule has 8 heteroatoms. The van der Waals surface area contributed by atoms with E-state index < -0.39 is 6.09 Å². The van der Waals surface area contributed by atoms with Gasteiger partial charge in [-0.25, -0.2) is 9.78 Å². The number of carbonyl (C=O) groups is 1. The number of amides is 1. The number of nitrogens with zero attached hydrogens (tertiary/aromatic N) is 2. The first-order valence-electron chi connectivity index (χ1n) is 8.64. The van der Waals surface area contributed by atoms with E-state index in [0.29, 0.717) is 34.3 Å². The fourth-order valence-corrected chi connectivity index (χ4v) is 5.08. The van der Waals surface area contributed by atoms with Gasteiger partial charge in [-0.05, 0) is 55.6 Å². The van der Waals surface area contributed by atoms with E-state index in [9.17, 15) is 4.79 Å². The largest absolute Gasteiger partial charge is 0.449 e. The van der Waals surface area contributed by atoms with Crippen LogP contribution in [0.5, 0.6) is 0 Å². The molecule has 1 aromatic carbocycles. The molecule has 3 aliphatic rings. The molecule has 26 heavy (non-hydrogen) atoms. The molecule has 3 saturated heterocycles. The van der Waals surface area contributed by atoms with Gasteiger partial charge in [-0.2, -0.15) is 0 Å². The number of hydrogen-bond acceptors (Lipinski definition) is 5. The van der Waals surface area contributed by atoms with Crippen molar-refractivity contribution in [3.8, 4) is 10.4 Å². The van der Waals surface area contributed by atoms with Gasteiger partial charge >= 0.3 is 6.09 Å². The average molecular weight is 412 g/mol. The van der Waals surface area contributed by atoms with E-state index in [1.54, 1.807) is 23.7 Å². The first-order valence-corrected chi connectivity index (χ1v) is 10.3. The van der Waals surface area contributed by atoms with Crippen LogP contribution in [0, 0.1) is 11.8 Å². The lowest BCUT2D eigenvalue weighted by Gasteiger charge is -2.44. The number of benzene rings is 1. The van der Waals surface area contributed by atoms with Crippen molar-refractivity contribution in [2.45, 2.75) is 12.8 Å². The van der Waals surface area contributed by atoms with Gasteiger partial charge in [0.2, 0.25) is 0 Å². The molecular weight excluding hydrogens is 393 g/mol. The van der Waals surface area contributed by atoms with Gasteiger partial charge in [0.1, 0.15) is 0 Å². The van der Waals surface area contributed by atoms with Gasteiger partial charge < -0.3 is 9.64 Å². The van der Waals surface area contributed by atoms with Crippen LogP contribution in [-0.4, -0.2) is 42.2 Å². The lowest BCUT2D eigenvalue weighted by molar-refractivity contribution is 0.0151. The molecule has 5 nitrogen and oxygen atoms in total. The van der Waals surface area contributed by atoms with Gasteiger partial charge in [0, 0.05) is 22.5 Å². The third kappa shape index (κ3) is 3.98. The zero-order valence-corrected chi connectivity index (χ0v) is 16.4. The number of ether oxygens (including phenoxy) is 1. The molecule has 1 unspecified atom stereocenters. The van der Waals surface area contributed by atoms with Crippen LogP contribution in [0.4, 0.5) is 10.6 Å². The van der Waals surface area contributed by atoms with Crippen molar-refractivity contribution in [2.24, 2.45) is 11.8 Å². The van der Waals surface area contributed by atoms with Crippen LogP contribution >= 0.6 is 34.5 Å². The van der Waals surface area contributed by atoms with Crippen LogP contribution in [0.3, 0.4) is 0 Å². The van der Waals surface area contributed by atoms with E-state index in [4.69, 9.17) is 27.9 Å². The number of halogens is 2. The fourth-order valence-electron chi connectivity index (χ4n) is 3.82. The molecule has 138 valence electrons. The summed E-state index contributed by atoms with van der Waals surface area (Å²) in [5.74, 6) is 1.58. The van der Waals surface area contributed by atoms with Crippen LogP contribution in [0.15, 0.2) is 23.7 Å². The molecule has 1 aromatic heterocycles. The lowest BCUT2D eigenvalue weighted by atomic mass is 9.79. The highest BCUT2D eigenvalue weighted by Gasteiger charge is 2.34. The zero-order chi connectivity index (χ0) is 18.1. The molecule has 1 atom stereocenters. The van der Waals surface area contributed by atoms with Gasteiger partial charge in [-0.1, -0.05) is 23.2 Å². The summed E-state index contributed by atoms with van der Waals surface area (Å²) in [6, 6.07) is 5.26. The molecule has 3 aliphatic heterocycles.